The number of hydrogen-bond donors (Lipinski definition) is 3. The third-order valence-corrected chi connectivity index (χ3v) is 4.88. The monoisotopic (exact) mass is 344 g/mol. The van der Waals surface area contributed by atoms with Crippen LogP contribution in [-0.4, -0.2) is 47.3 Å². The molecule has 2 aliphatic rings. The van der Waals surface area contributed by atoms with E-state index >= 15 is 0 Å². The van der Waals surface area contributed by atoms with E-state index in [9.17, 15) is 14.4 Å². The van der Waals surface area contributed by atoms with Gasteiger partial charge in [-0.2, -0.15) is 0 Å². The van der Waals surface area contributed by atoms with Gasteiger partial charge in [-0.15, -0.1) is 0 Å². The van der Waals surface area contributed by atoms with Gasteiger partial charge in [-0.1, -0.05) is 12.1 Å². The first kappa shape index (κ1) is 17.3. The zero-order chi connectivity index (χ0) is 18.0. The lowest BCUT2D eigenvalue weighted by atomic mass is 9.84. The Bertz CT molecular complexity index is 695. The van der Waals surface area contributed by atoms with Crippen LogP contribution in [0.15, 0.2) is 24.3 Å². The molecule has 134 valence electrons. The summed E-state index contributed by atoms with van der Waals surface area (Å²) in [5, 5.41) is 9.07. The van der Waals surface area contributed by atoms with Crippen LogP contribution in [0.1, 0.15) is 33.1 Å². The molecule has 2 aliphatic heterocycles. The topological polar surface area (TPSA) is 90.5 Å². The Morgan fingerprint density at radius 1 is 1.24 bits per heavy atom. The Hall–Kier alpha value is -2.57. The number of hydrogen-bond acceptors (Lipinski definition) is 4. The molecule has 2 heterocycles. The molecule has 1 aromatic rings. The number of likely N-dealkylation sites (tertiary alicyclic amines) is 1. The van der Waals surface area contributed by atoms with Gasteiger partial charge < -0.3 is 20.9 Å². The first-order valence-electron chi connectivity index (χ1n) is 8.63. The molecule has 25 heavy (non-hydrogen) atoms. The normalized spacial score (nSPS) is 19.4. The van der Waals surface area contributed by atoms with Crippen LogP contribution in [0.25, 0.3) is 0 Å². The maximum absolute atomic E-state index is 12.6. The number of para-hydroxylation sites is 2. The van der Waals surface area contributed by atoms with Gasteiger partial charge in [0.15, 0.2) is 0 Å². The number of fused-ring (bicyclic) bond motifs is 1. The van der Waals surface area contributed by atoms with Crippen LogP contribution in [0, 0.1) is 0 Å². The minimum Gasteiger partial charge on any atom is -0.369 e. The number of carbonyl (C=O) groups is 3. The number of nitrogens with zero attached hydrogens (tertiary/aromatic N) is 1. The maximum atomic E-state index is 12.6. The van der Waals surface area contributed by atoms with Crippen molar-refractivity contribution in [1.29, 1.82) is 0 Å². The predicted molar refractivity (Wildman–Crippen MR) is 95.1 cm³/mol. The van der Waals surface area contributed by atoms with Crippen molar-refractivity contribution in [2.45, 2.75) is 44.7 Å². The number of rotatable bonds is 3. The van der Waals surface area contributed by atoms with Crippen molar-refractivity contribution < 1.29 is 14.4 Å². The molecule has 1 fully saturated rings. The van der Waals surface area contributed by atoms with Gasteiger partial charge in [0.05, 0.1) is 11.4 Å². The van der Waals surface area contributed by atoms with Gasteiger partial charge in [-0.3, -0.25) is 14.4 Å². The maximum Gasteiger partial charge on any atom is 0.250 e. The summed E-state index contributed by atoms with van der Waals surface area (Å²) in [6.45, 7) is 4.30. The quantitative estimate of drug-likeness (QED) is 0.771. The summed E-state index contributed by atoms with van der Waals surface area (Å²) in [6.07, 6.45) is 1.40. The van der Waals surface area contributed by atoms with Crippen molar-refractivity contribution in [2.75, 3.05) is 23.7 Å². The summed E-state index contributed by atoms with van der Waals surface area (Å²) in [5.41, 5.74) is 1.05. The molecule has 1 spiro atoms. The van der Waals surface area contributed by atoms with Crippen LogP contribution in [0.4, 0.5) is 11.4 Å². The number of benzene rings is 1. The molecule has 3 amide bonds. The van der Waals surface area contributed by atoms with Crippen LogP contribution in [0.2, 0.25) is 0 Å². The van der Waals surface area contributed by atoms with E-state index in [0.29, 0.717) is 25.9 Å². The standard InChI is InChI=1S/C18H24N4O3/c1-12(19-13(2)23)11-16(24)22-9-7-18(8-10-22)17(25)20-14-5-3-4-6-15(14)21-18/h3-6,12,21H,7-11H2,1-2H3,(H,19,23)(H,20,25)/t12-/m0/s1. The summed E-state index contributed by atoms with van der Waals surface area (Å²) in [6, 6.07) is 7.44. The molecule has 7 heteroatoms. The average molecular weight is 344 g/mol. The zero-order valence-corrected chi connectivity index (χ0v) is 14.6. The van der Waals surface area contributed by atoms with E-state index in [-0.39, 0.29) is 30.2 Å². The van der Waals surface area contributed by atoms with Crippen LogP contribution < -0.4 is 16.0 Å². The Kier molecular flexibility index (Phi) is 4.65. The summed E-state index contributed by atoms with van der Waals surface area (Å²) >= 11 is 0. The van der Waals surface area contributed by atoms with E-state index in [2.05, 4.69) is 16.0 Å². The molecule has 1 aromatic carbocycles. The lowest BCUT2D eigenvalue weighted by Crippen LogP contribution is -2.59. The van der Waals surface area contributed by atoms with Gasteiger partial charge in [-0.05, 0) is 31.9 Å². The highest BCUT2D eigenvalue weighted by molar-refractivity contribution is 6.06. The number of anilines is 2. The molecule has 7 nitrogen and oxygen atoms in total. The van der Waals surface area contributed by atoms with Gasteiger partial charge in [0.25, 0.3) is 0 Å². The second-order valence-electron chi connectivity index (χ2n) is 6.89. The van der Waals surface area contributed by atoms with Crippen LogP contribution in [0.3, 0.4) is 0 Å². The molecule has 0 radical (unpaired) electrons. The Balaban J connectivity index is 1.61. The molecular weight excluding hydrogens is 320 g/mol. The predicted octanol–water partition coefficient (Wildman–Crippen LogP) is 1.33. The number of carbonyl (C=O) groups excluding carboxylic acids is 3. The minimum absolute atomic E-state index is 0.00715. The highest BCUT2D eigenvalue weighted by Gasteiger charge is 2.44. The molecule has 3 rings (SSSR count). The molecule has 0 bridgehead atoms. The molecule has 3 N–H and O–H groups in total. The van der Waals surface area contributed by atoms with Crippen molar-refractivity contribution in [3.05, 3.63) is 24.3 Å². The fraction of sp³-hybridized carbons (Fsp3) is 0.500. The summed E-state index contributed by atoms with van der Waals surface area (Å²) < 4.78 is 0. The zero-order valence-electron chi connectivity index (χ0n) is 14.6. The Morgan fingerprint density at radius 2 is 1.88 bits per heavy atom. The van der Waals surface area contributed by atoms with E-state index in [4.69, 9.17) is 0 Å². The largest absolute Gasteiger partial charge is 0.369 e. The summed E-state index contributed by atoms with van der Waals surface area (Å²) in [4.78, 5) is 37.8. The molecule has 0 aliphatic carbocycles. The van der Waals surface area contributed by atoms with E-state index in [0.717, 1.165) is 11.4 Å². The van der Waals surface area contributed by atoms with E-state index in [1.807, 2.05) is 31.2 Å². The SMILES string of the molecule is CC(=O)N[C@@H](C)CC(=O)N1CCC2(CC1)Nc1ccccc1NC2=O. The highest BCUT2D eigenvalue weighted by atomic mass is 16.2. The average Bonchev–Trinajstić information content (AvgIpc) is 2.55. The summed E-state index contributed by atoms with van der Waals surface area (Å²) in [5.74, 6) is -0.169. The van der Waals surface area contributed by atoms with Crippen LogP contribution in [-0.2, 0) is 14.4 Å². The molecule has 0 saturated carbocycles. The van der Waals surface area contributed by atoms with Crippen molar-refractivity contribution >= 4 is 29.1 Å². The van der Waals surface area contributed by atoms with Gasteiger partial charge >= 0.3 is 0 Å². The van der Waals surface area contributed by atoms with E-state index in [1.54, 1.807) is 4.90 Å². The number of piperidine rings is 1. The van der Waals surface area contributed by atoms with Crippen LogP contribution in [0.5, 0.6) is 0 Å². The van der Waals surface area contributed by atoms with E-state index < -0.39 is 5.54 Å². The first-order chi connectivity index (χ1) is 11.9. The Morgan fingerprint density at radius 3 is 2.52 bits per heavy atom. The molecule has 0 unspecified atom stereocenters. The van der Waals surface area contributed by atoms with E-state index in [1.165, 1.54) is 6.92 Å². The van der Waals surface area contributed by atoms with Gasteiger partial charge in [-0.25, -0.2) is 0 Å². The lowest BCUT2D eigenvalue weighted by molar-refractivity contribution is -0.135. The van der Waals surface area contributed by atoms with Crippen molar-refractivity contribution in [2.24, 2.45) is 0 Å². The van der Waals surface area contributed by atoms with Crippen molar-refractivity contribution in [1.82, 2.24) is 10.2 Å². The van der Waals surface area contributed by atoms with Gasteiger partial charge in [0.2, 0.25) is 17.7 Å². The first-order valence-corrected chi connectivity index (χ1v) is 8.63. The van der Waals surface area contributed by atoms with Crippen molar-refractivity contribution in [3.8, 4) is 0 Å². The minimum atomic E-state index is -0.658. The highest BCUT2D eigenvalue weighted by Crippen LogP contribution is 2.36. The van der Waals surface area contributed by atoms with Crippen LogP contribution >= 0.6 is 0 Å². The van der Waals surface area contributed by atoms with Crippen molar-refractivity contribution in [3.63, 3.8) is 0 Å². The second kappa shape index (κ2) is 6.74. The fourth-order valence-electron chi connectivity index (χ4n) is 3.54. The number of nitrogens with one attached hydrogen (secondary N) is 3. The molecule has 0 aromatic heterocycles. The number of amides is 3. The molecule has 1 atom stereocenters. The molecule has 1 saturated heterocycles. The third kappa shape index (κ3) is 3.60. The van der Waals surface area contributed by atoms with Gasteiger partial charge in [0, 0.05) is 32.5 Å². The Labute approximate surface area is 147 Å². The molecular formula is C18H24N4O3. The summed E-state index contributed by atoms with van der Waals surface area (Å²) in [7, 11) is 0. The lowest BCUT2D eigenvalue weighted by Gasteiger charge is -2.44. The fourth-order valence-corrected chi connectivity index (χ4v) is 3.54. The third-order valence-electron chi connectivity index (χ3n) is 4.88. The van der Waals surface area contributed by atoms with Gasteiger partial charge in [0.1, 0.15) is 5.54 Å². The second-order valence-corrected chi connectivity index (χ2v) is 6.89. The smallest absolute Gasteiger partial charge is 0.250 e.